The van der Waals surface area contributed by atoms with Crippen molar-refractivity contribution in [1.82, 2.24) is 0 Å². The van der Waals surface area contributed by atoms with Crippen molar-refractivity contribution in [2.24, 2.45) is 11.8 Å². The molecule has 1 saturated heterocycles. The van der Waals surface area contributed by atoms with Gasteiger partial charge < -0.3 is 4.74 Å². The van der Waals surface area contributed by atoms with E-state index in [0.717, 1.165) is 16.9 Å². The van der Waals surface area contributed by atoms with Crippen molar-refractivity contribution < 1.29 is 14.3 Å². The van der Waals surface area contributed by atoms with E-state index in [-0.39, 0.29) is 33.3 Å². The van der Waals surface area contributed by atoms with Gasteiger partial charge in [0.15, 0.2) is 0 Å². The minimum Gasteiger partial charge on any atom is -0.457 e. The second-order valence-electron chi connectivity index (χ2n) is 7.59. The minimum atomic E-state index is -0.239. The van der Waals surface area contributed by atoms with Gasteiger partial charge >= 0.3 is 0 Å². The summed E-state index contributed by atoms with van der Waals surface area (Å²) in [7, 11) is 0. The predicted molar refractivity (Wildman–Crippen MR) is 117 cm³/mol. The Labute approximate surface area is 181 Å². The van der Waals surface area contributed by atoms with Crippen LogP contribution < -0.4 is 9.64 Å². The third-order valence-electron chi connectivity index (χ3n) is 5.58. The van der Waals surface area contributed by atoms with Crippen LogP contribution in [0.15, 0.2) is 42.5 Å². The van der Waals surface area contributed by atoms with Crippen LogP contribution in [0.25, 0.3) is 0 Å². The maximum atomic E-state index is 12.9. The lowest BCUT2D eigenvalue weighted by Crippen LogP contribution is -2.34. The number of halogens is 2. The highest BCUT2D eigenvalue weighted by molar-refractivity contribution is 9.12. The van der Waals surface area contributed by atoms with Crippen LogP contribution in [0.5, 0.6) is 11.5 Å². The Hall–Kier alpha value is -1.66. The van der Waals surface area contributed by atoms with Gasteiger partial charge in [0.25, 0.3) is 0 Å². The molecular weight excluding hydrogens is 486 g/mol. The molecule has 28 heavy (non-hydrogen) atoms. The van der Waals surface area contributed by atoms with Gasteiger partial charge in [0, 0.05) is 9.65 Å². The summed E-state index contributed by atoms with van der Waals surface area (Å²) in [5, 5.41) is 0. The van der Waals surface area contributed by atoms with E-state index in [1.54, 1.807) is 24.3 Å². The van der Waals surface area contributed by atoms with Gasteiger partial charge in [-0.05, 0) is 68.1 Å². The Bertz CT molecular complexity index is 900. The van der Waals surface area contributed by atoms with E-state index in [2.05, 4.69) is 31.9 Å². The van der Waals surface area contributed by atoms with Crippen molar-refractivity contribution in [3.05, 3.63) is 53.6 Å². The molecule has 6 heteroatoms. The predicted octanol–water partition coefficient (Wildman–Crippen LogP) is 5.52. The monoisotopic (exact) mass is 505 g/mol. The average Bonchev–Trinajstić information content (AvgIpc) is 2.90. The molecule has 0 bridgehead atoms. The normalized spacial score (nSPS) is 27.1. The highest BCUT2D eigenvalue weighted by atomic mass is 79.9. The van der Waals surface area contributed by atoms with E-state index in [1.165, 1.54) is 4.90 Å². The molecule has 4 rings (SSSR count). The van der Waals surface area contributed by atoms with Crippen molar-refractivity contribution in [1.29, 1.82) is 0 Å². The molecule has 2 amide bonds. The molecule has 1 aliphatic heterocycles. The van der Waals surface area contributed by atoms with Crippen LogP contribution in [0.3, 0.4) is 0 Å². The zero-order valence-electron chi connectivity index (χ0n) is 15.7. The smallest absolute Gasteiger partial charge is 0.237 e. The fourth-order valence-corrected chi connectivity index (χ4v) is 5.19. The number of nitrogens with zero attached hydrogens (tertiary/aromatic N) is 1. The largest absolute Gasteiger partial charge is 0.457 e. The quantitative estimate of drug-likeness (QED) is 0.406. The number of hydrogen-bond donors (Lipinski definition) is 0. The van der Waals surface area contributed by atoms with Gasteiger partial charge in [-0.3, -0.25) is 14.5 Å². The molecule has 1 saturated carbocycles. The fraction of sp³-hybridized carbons (Fsp3) is 0.364. The maximum Gasteiger partial charge on any atom is 0.237 e. The van der Waals surface area contributed by atoms with Crippen LogP contribution in [0, 0.1) is 25.7 Å². The number of benzene rings is 2. The van der Waals surface area contributed by atoms with Gasteiger partial charge in [0.2, 0.25) is 11.8 Å². The number of carbonyl (C=O) groups excluding carboxylic acids is 2. The zero-order valence-corrected chi connectivity index (χ0v) is 18.9. The molecular formula is C22H21Br2NO3. The molecule has 2 aliphatic rings. The summed E-state index contributed by atoms with van der Waals surface area (Å²) in [6.45, 7) is 4.02. The Morgan fingerprint density at radius 3 is 2.04 bits per heavy atom. The standard InChI is InChI=1S/C22H21Br2NO3/c1-12-3-4-13(2)20(9-12)28-15-7-5-14(6-8-15)25-21(26)16-10-18(23)19(24)11-17(16)22(25)27/h3-9,16-19H,10-11H2,1-2H3. The molecule has 0 aromatic heterocycles. The number of rotatable bonds is 3. The van der Waals surface area contributed by atoms with Gasteiger partial charge in [-0.2, -0.15) is 0 Å². The summed E-state index contributed by atoms with van der Waals surface area (Å²) in [6, 6.07) is 13.2. The second-order valence-corrected chi connectivity index (χ2v) is 9.95. The molecule has 146 valence electrons. The number of alkyl halides is 2. The van der Waals surface area contributed by atoms with E-state index in [1.807, 2.05) is 32.0 Å². The molecule has 4 unspecified atom stereocenters. The Morgan fingerprint density at radius 2 is 1.46 bits per heavy atom. The van der Waals surface area contributed by atoms with E-state index >= 15 is 0 Å². The van der Waals surface area contributed by atoms with E-state index in [9.17, 15) is 9.59 Å². The number of imide groups is 1. The van der Waals surface area contributed by atoms with E-state index in [0.29, 0.717) is 24.3 Å². The Balaban J connectivity index is 1.55. The second kappa shape index (κ2) is 7.64. The molecule has 0 N–H and O–H groups in total. The highest BCUT2D eigenvalue weighted by Gasteiger charge is 2.52. The van der Waals surface area contributed by atoms with Crippen molar-refractivity contribution in [2.75, 3.05) is 4.90 Å². The topological polar surface area (TPSA) is 46.6 Å². The molecule has 1 aliphatic carbocycles. The minimum absolute atomic E-state index is 0.0953. The first-order valence-electron chi connectivity index (χ1n) is 9.36. The van der Waals surface area contributed by atoms with Crippen molar-refractivity contribution in [2.45, 2.75) is 36.3 Å². The summed E-state index contributed by atoms with van der Waals surface area (Å²) in [5.74, 6) is 0.811. The highest BCUT2D eigenvalue weighted by Crippen LogP contribution is 2.44. The number of fused-ring (bicyclic) bond motifs is 1. The number of aryl methyl sites for hydroxylation is 2. The van der Waals surface area contributed by atoms with Gasteiger partial charge in [0.05, 0.1) is 17.5 Å². The lowest BCUT2D eigenvalue weighted by molar-refractivity contribution is -0.122. The lowest BCUT2D eigenvalue weighted by atomic mass is 9.81. The lowest BCUT2D eigenvalue weighted by Gasteiger charge is -2.29. The van der Waals surface area contributed by atoms with E-state index in [4.69, 9.17) is 4.74 Å². The van der Waals surface area contributed by atoms with Crippen LogP contribution in [0.4, 0.5) is 5.69 Å². The van der Waals surface area contributed by atoms with E-state index < -0.39 is 0 Å². The molecule has 4 atom stereocenters. The van der Waals surface area contributed by atoms with Gasteiger partial charge in [-0.1, -0.05) is 44.0 Å². The molecule has 0 radical (unpaired) electrons. The average molecular weight is 507 g/mol. The number of anilines is 1. The van der Waals surface area contributed by atoms with Crippen LogP contribution in [-0.4, -0.2) is 21.5 Å². The number of ether oxygens (including phenoxy) is 1. The van der Waals surface area contributed by atoms with Gasteiger partial charge in [-0.25, -0.2) is 0 Å². The molecule has 4 nitrogen and oxygen atoms in total. The van der Waals surface area contributed by atoms with Crippen molar-refractivity contribution in [3.8, 4) is 11.5 Å². The van der Waals surface area contributed by atoms with Crippen LogP contribution in [-0.2, 0) is 9.59 Å². The molecule has 0 spiro atoms. The third kappa shape index (κ3) is 3.52. The van der Waals surface area contributed by atoms with Crippen LogP contribution in [0.1, 0.15) is 24.0 Å². The molecule has 2 fully saturated rings. The number of amides is 2. The SMILES string of the molecule is Cc1ccc(C)c(Oc2ccc(N3C(=O)C4CC(Br)C(Br)CC4C3=O)cc2)c1. The molecule has 2 aromatic rings. The summed E-state index contributed by atoms with van der Waals surface area (Å²) < 4.78 is 5.98. The third-order valence-corrected chi connectivity index (χ3v) is 8.31. The van der Waals surface area contributed by atoms with Crippen LogP contribution >= 0.6 is 31.9 Å². The summed E-state index contributed by atoms with van der Waals surface area (Å²) in [6.07, 6.45) is 1.35. The van der Waals surface area contributed by atoms with Gasteiger partial charge in [0.1, 0.15) is 11.5 Å². The number of hydrogen-bond acceptors (Lipinski definition) is 3. The van der Waals surface area contributed by atoms with Crippen LogP contribution in [0.2, 0.25) is 0 Å². The first-order valence-corrected chi connectivity index (χ1v) is 11.2. The summed E-state index contributed by atoms with van der Waals surface area (Å²) in [5.41, 5.74) is 2.79. The molecule has 2 aromatic carbocycles. The maximum absolute atomic E-state index is 12.9. The fourth-order valence-electron chi connectivity index (χ4n) is 3.96. The van der Waals surface area contributed by atoms with Crippen molar-refractivity contribution in [3.63, 3.8) is 0 Å². The number of carbonyl (C=O) groups is 2. The molecule has 1 heterocycles. The first-order chi connectivity index (χ1) is 13.3. The Morgan fingerprint density at radius 1 is 0.893 bits per heavy atom. The first kappa shape index (κ1) is 19.6. The summed E-state index contributed by atoms with van der Waals surface area (Å²) >= 11 is 7.24. The Kier molecular flexibility index (Phi) is 5.36. The zero-order chi connectivity index (χ0) is 20.0. The van der Waals surface area contributed by atoms with Gasteiger partial charge in [-0.15, -0.1) is 0 Å². The summed E-state index contributed by atoms with van der Waals surface area (Å²) in [4.78, 5) is 27.6. The van der Waals surface area contributed by atoms with Crippen molar-refractivity contribution >= 4 is 49.4 Å².